The van der Waals surface area contributed by atoms with Crippen LogP contribution in [0.25, 0.3) is 0 Å². The number of carboxylic acids is 1. The molecule has 1 aromatic heterocycles. The Kier molecular flexibility index (Phi) is 6.11. The molecule has 1 rings (SSSR count). The molecule has 5 nitrogen and oxygen atoms in total. The van der Waals surface area contributed by atoms with Gasteiger partial charge < -0.3 is 15.3 Å². The van der Waals surface area contributed by atoms with Crippen molar-refractivity contribution in [3.05, 3.63) is 21.3 Å². The van der Waals surface area contributed by atoms with E-state index in [9.17, 15) is 9.59 Å². The molecule has 0 aliphatic carbocycles. The standard InChI is InChI=1S/C12H17ClN2O3S/c1-3-8(11(16)17)6-14-12(18)15(2)7-9-4-5-10(13)19-9/h4-5,8H,3,6-7H2,1-2H3,(H,14,18)(H,16,17). The number of halogens is 1. The Morgan fingerprint density at radius 1 is 1.53 bits per heavy atom. The van der Waals surface area contributed by atoms with Crippen LogP contribution in [0.3, 0.4) is 0 Å². The van der Waals surface area contributed by atoms with Crippen LogP contribution in [0, 0.1) is 5.92 Å². The first kappa shape index (κ1) is 15.8. The van der Waals surface area contributed by atoms with Crippen molar-refractivity contribution in [2.75, 3.05) is 13.6 Å². The number of carboxylic acid groups (broad SMARTS) is 1. The first-order valence-corrected chi connectivity index (χ1v) is 7.09. The predicted molar refractivity (Wildman–Crippen MR) is 75.6 cm³/mol. The SMILES string of the molecule is CCC(CNC(=O)N(C)Cc1ccc(Cl)s1)C(=O)O. The summed E-state index contributed by atoms with van der Waals surface area (Å²) in [6.07, 6.45) is 0.486. The van der Waals surface area contributed by atoms with Gasteiger partial charge in [-0.1, -0.05) is 18.5 Å². The maximum Gasteiger partial charge on any atom is 0.317 e. The monoisotopic (exact) mass is 304 g/mol. The molecule has 0 saturated carbocycles. The number of rotatable bonds is 6. The van der Waals surface area contributed by atoms with Crippen LogP contribution in [0.5, 0.6) is 0 Å². The van der Waals surface area contributed by atoms with Gasteiger partial charge >= 0.3 is 12.0 Å². The van der Waals surface area contributed by atoms with Gasteiger partial charge in [-0.05, 0) is 18.6 Å². The topological polar surface area (TPSA) is 69.6 Å². The Labute approximate surface area is 121 Å². The summed E-state index contributed by atoms with van der Waals surface area (Å²) in [5.74, 6) is -1.44. The van der Waals surface area contributed by atoms with Gasteiger partial charge in [0.1, 0.15) is 0 Å². The zero-order valence-electron chi connectivity index (χ0n) is 10.9. The number of amides is 2. The van der Waals surface area contributed by atoms with Crippen molar-refractivity contribution in [1.82, 2.24) is 10.2 Å². The fraction of sp³-hybridized carbons (Fsp3) is 0.500. The van der Waals surface area contributed by atoms with Crippen molar-refractivity contribution in [3.8, 4) is 0 Å². The van der Waals surface area contributed by atoms with Gasteiger partial charge in [0, 0.05) is 18.5 Å². The molecule has 1 aromatic rings. The molecule has 0 aliphatic rings. The number of carbonyl (C=O) groups is 2. The lowest BCUT2D eigenvalue weighted by Gasteiger charge is -2.18. The minimum absolute atomic E-state index is 0.139. The third kappa shape index (κ3) is 5.08. The molecule has 106 valence electrons. The van der Waals surface area contributed by atoms with Crippen LogP contribution in [0.4, 0.5) is 4.79 Å². The highest BCUT2D eigenvalue weighted by Crippen LogP contribution is 2.22. The van der Waals surface area contributed by atoms with E-state index in [0.29, 0.717) is 17.3 Å². The highest BCUT2D eigenvalue weighted by Gasteiger charge is 2.17. The molecule has 1 heterocycles. The summed E-state index contributed by atoms with van der Waals surface area (Å²) >= 11 is 7.23. The van der Waals surface area contributed by atoms with E-state index < -0.39 is 11.9 Å². The number of urea groups is 1. The Morgan fingerprint density at radius 2 is 2.21 bits per heavy atom. The molecule has 0 radical (unpaired) electrons. The molecule has 1 atom stereocenters. The van der Waals surface area contributed by atoms with Crippen molar-refractivity contribution < 1.29 is 14.7 Å². The zero-order valence-corrected chi connectivity index (χ0v) is 12.4. The van der Waals surface area contributed by atoms with Crippen LogP contribution >= 0.6 is 22.9 Å². The Morgan fingerprint density at radius 3 is 2.68 bits per heavy atom. The van der Waals surface area contributed by atoms with Crippen molar-refractivity contribution in [2.45, 2.75) is 19.9 Å². The summed E-state index contributed by atoms with van der Waals surface area (Å²) in [5.41, 5.74) is 0. The van der Waals surface area contributed by atoms with Gasteiger partial charge in [-0.2, -0.15) is 0 Å². The van der Waals surface area contributed by atoms with Gasteiger partial charge in [-0.15, -0.1) is 11.3 Å². The normalized spacial score (nSPS) is 11.9. The highest BCUT2D eigenvalue weighted by molar-refractivity contribution is 7.16. The largest absolute Gasteiger partial charge is 0.481 e. The van der Waals surface area contributed by atoms with Crippen LogP contribution in [0.1, 0.15) is 18.2 Å². The number of carbonyl (C=O) groups excluding carboxylic acids is 1. The van der Waals surface area contributed by atoms with Gasteiger partial charge in [0.15, 0.2) is 0 Å². The van der Waals surface area contributed by atoms with E-state index in [1.54, 1.807) is 20.0 Å². The molecule has 0 spiro atoms. The third-order valence-electron chi connectivity index (χ3n) is 2.71. The van der Waals surface area contributed by atoms with Crippen LogP contribution in [-0.4, -0.2) is 35.6 Å². The number of aliphatic carboxylic acids is 1. The summed E-state index contributed by atoms with van der Waals surface area (Å²) in [7, 11) is 1.66. The Hall–Kier alpha value is -1.27. The lowest BCUT2D eigenvalue weighted by Crippen LogP contribution is -2.40. The Balaban J connectivity index is 2.42. The lowest BCUT2D eigenvalue weighted by atomic mass is 10.1. The summed E-state index contributed by atoms with van der Waals surface area (Å²) in [6.45, 7) is 2.37. The average molecular weight is 305 g/mol. The zero-order chi connectivity index (χ0) is 14.4. The number of hydrogen-bond donors (Lipinski definition) is 2. The van der Waals surface area contributed by atoms with E-state index >= 15 is 0 Å². The van der Waals surface area contributed by atoms with Crippen LogP contribution in [0.2, 0.25) is 4.34 Å². The van der Waals surface area contributed by atoms with E-state index in [4.69, 9.17) is 16.7 Å². The first-order chi connectivity index (χ1) is 8.93. The summed E-state index contributed by atoms with van der Waals surface area (Å²) in [4.78, 5) is 25.1. The lowest BCUT2D eigenvalue weighted by molar-refractivity contribution is -0.141. The maximum atomic E-state index is 11.8. The molecule has 0 bridgehead atoms. The number of nitrogens with one attached hydrogen (secondary N) is 1. The van der Waals surface area contributed by atoms with Gasteiger partial charge in [0.2, 0.25) is 0 Å². The van der Waals surface area contributed by atoms with Crippen LogP contribution in [-0.2, 0) is 11.3 Å². The fourth-order valence-electron chi connectivity index (χ4n) is 1.49. The molecule has 7 heteroatoms. The summed E-state index contributed by atoms with van der Waals surface area (Å²) in [6, 6.07) is 3.36. The smallest absolute Gasteiger partial charge is 0.317 e. The minimum Gasteiger partial charge on any atom is -0.481 e. The van der Waals surface area contributed by atoms with Gasteiger partial charge in [0.05, 0.1) is 16.8 Å². The highest BCUT2D eigenvalue weighted by atomic mass is 35.5. The van der Waals surface area contributed by atoms with Crippen molar-refractivity contribution in [3.63, 3.8) is 0 Å². The average Bonchev–Trinajstić information content (AvgIpc) is 2.74. The van der Waals surface area contributed by atoms with Gasteiger partial charge in [0.25, 0.3) is 0 Å². The van der Waals surface area contributed by atoms with Crippen LogP contribution in [0.15, 0.2) is 12.1 Å². The van der Waals surface area contributed by atoms with E-state index in [1.807, 2.05) is 6.07 Å². The number of nitrogens with zero attached hydrogens (tertiary/aromatic N) is 1. The fourth-order valence-corrected chi connectivity index (χ4v) is 2.64. The number of thiophene rings is 1. The molecule has 0 aliphatic heterocycles. The van der Waals surface area contributed by atoms with E-state index in [2.05, 4.69) is 5.32 Å². The molecule has 19 heavy (non-hydrogen) atoms. The molecule has 2 N–H and O–H groups in total. The quantitative estimate of drug-likeness (QED) is 0.849. The maximum absolute atomic E-state index is 11.8. The molecule has 2 amide bonds. The van der Waals surface area contributed by atoms with Crippen molar-refractivity contribution in [1.29, 1.82) is 0 Å². The summed E-state index contributed by atoms with van der Waals surface area (Å²) < 4.78 is 0.681. The van der Waals surface area contributed by atoms with Gasteiger partial charge in [-0.25, -0.2) is 4.79 Å². The molecule has 0 aromatic carbocycles. The molecule has 0 fully saturated rings. The second-order valence-electron chi connectivity index (χ2n) is 4.19. The van der Waals surface area contributed by atoms with E-state index in [1.165, 1.54) is 16.2 Å². The molecule has 0 saturated heterocycles. The van der Waals surface area contributed by atoms with Crippen molar-refractivity contribution >= 4 is 34.9 Å². The van der Waals surface area contributed by atoms with E-state index in [0.717, 1.165) is 4.88 Å². The van der Waals surface area contributed by atoms with Gasteiger partial charge in [-0.3, -0.25) is 4.79 Å². The third-order valence-corrected chi connectivity index (χ3v) is 3.93. The summed E-state index contributed by atoms with van der Waals surface area (Å²) in [5, 5.41) is 11.5. The molecular formula is C12H17ClN2O3S. The second-order valence-corrected chi connectivity index (χ2v) is 5.99. The molecular weight excluding hydrogens is 288 g/mol. The second kappa shape index (κ2) is 7.35. The van der Waals surface area contributed by atoms with Crippen LogP contribution < -0.4 is 5.32 Å². The predicted octanol–water partition coefficient (Wildman–Crippen LogP) is 2.65. The van der Waals surface area contributed by atoms with E-state index in [-0.39, 0.29) is 12.6 Å². The minimum atomic E-state index is -0.893. The Bertz CT molecular complexity index is 450. The first-order valence-electron chi connectivity index (χ1n) is 5.90. The van der Waals surface area contributed by atoms with Crippen molar-refractivity contribution in [2.24, 2.45) is 5.92 Å². The molecule has 1 unspecified atom stereocenters. The number of hydrogen-bond acceptors (Lipinski definition) is 3.